The van der Waals surface area contributed by atoms with Crippen molar-refractivity contribution >= 4 is 40.9 Å². The zero-order chi connectivity index (χ0) is 18.8. The quantitative estimate of drug-likeness (QED) is 0.653. The van der Waals surface area contributed by atoms with Gasteiger partial charge in [-0.05, 0) is 43.7 Å². The summed E-state index contributed by atoms with van der Waals surface area (Å²) in [5, 5.41) is 5.78. The molecule has 3 heterocycles. The average molecular weight is 383 g/mol. The van der Waals surface area contributed by atoms with Gasteiger partial charge in [-0.2, -0.15) is 0 Å². The summed E-state index contributed by atoms with van der Waals surface area (Å²) in [6.07, 6.45) is 2.69. The number of aromatic nitrogens is 1. The minimum atomic E-state index is -0.176. The highest BCUT2D eigenvalue weighted by molar-refractivity contribution is 7.99. The zero-order valence-electron chi connectivity index (χ0n) is 15.1. The molecule has 27 heavy (non-hydrogen) atoms. The molecule has 4 rings (SSSR count). The predicted octanol–water partition coefficient (Wildman–Crippen LogP) is 3.06. The minimum Gasteiger partial charge on any atom is -0.380 e. The van der Waals surface area contributed by atoms with E-state index in [9.17, 15) is 9.59 Å². The molecular weight excluding hydrogens is 362 g/mol. The van der Waals surface area contributed by atoms with Crippen LogP contribution in [0, 0.1) is 6.92 Å². The Morgan fingerprint density at radius 1 is 1.07 bits per heavy atom. The molecule has 2 aliphatic rings. The number of hydrogen-bond donors (Lipinski definition) is 3. The molecule has 0 saturated heterocycles. The smallest absolute Gasteiger partial charge is 0.256 e. The first-order valence-electron chi connectivity index (χ1n) is 8.97. The van der Waals surface area contributed by atoms with Crippen molar-refractivity contribution < 1.29 is 14.3 Å². The van der Waals surface area contributed by atoms with Gasteiger partial charge >= 0.3 is 0 Å². The molecule has 0 aliphatic carbocycles. The first-order chi connectivity index (χ1) is 13.1. The van der Waals surface area contributed by atoms with Crippen molar-refractivity contribution in [2.75, 3.05) is 30.8 Å². The second kappa shape index (κ2) is 7.62. The molecule has 2 aromatic rings. The molecule has 0 fully saturated rings. The average Bonchev–Trinajstić information content (AvgIpc) is 3.16. The lowest BCUT2D eigenvalue weighted by Crippen LogP contribution is -2.27. The molecule has 140 valence electrons. The Morgan fingerprint density at radius 2 is 1.96 bits per heavy atom. The maximum Gasteiger partial charge on any atom is 0.256 e. The fourth-order valence-corrected chi connectivity index (χ4v) is 4.10. The summed E-state index contributed by atoms with van der Waals surface area (Å²) in [6, 6.07) is 7.79. The highest BCUT2D eigenvalue weighted by Gasteiger charge is 2.25. The number of carbonyl (C=O) groups excluding carboxylic acids is 2. The van der Waals surface area contributed by atoms with Crippen molar-refractivity contribution in [3.8, 4) is 0 Å². The maximum absolute atomic E-state index is 12.6. The molecule has 2 amide bonds. The molecule has 2 bridgehead atoms. The summed E-state index contributed by atoms with van der Waals surface area (Å²) in [7, 11) is 0. The van der Waals surface area contributed by atoms with Gasteiger partial charge in [-0.1, -0.05) is 0 Å². The molecule has 7 heteroatoms. The van der Waals surface area contributed by atoms with Gasteiger partial charge in [0.15, 0.2) is 0 Å². The topological polar surface area (TPSA) is 83.2 Å². The fourth-order valence-electron chi connectivity index (χ4n) is 3.24. The van der Waals surface area contributed by atoms with Gasteiger partial charge in [-0.3, -0.25) is 9.59 Å². The number of thioether (sulfide) groups is 1. The predicted molar refractivity (Wildman–Crippen MR) is 107 cm³/mol. The second-order valence-corrected chi connectivity index (χ2v) is 7.74. The summed E-state index contributed by atoms with van der Waals surface area (Å²) in [5.74, 6) is 0.607. The van der Waals surface area contributed by atoms with E-state index in [2.05, 4.69) is 15.6 Å². The molecule has 0 atom stereocenters. The van der Waals surface area contributed by atoms with Crippen molar-refractivity contribution in [2.24, 2.45) is 0 Å². The van der Waals surface area contributed by atoms with Gasteiger partial charge in [0.1, 0.15) is 0 Å². The van der Waals surface area contributed by atoms with E-state index in [0.29, 0.717) is 36.6 Å². The number of carbonyl (C=O) groups is 2. The van der Waals surface area contributed by atoms with Crippen LogP contribution in [0.5, 0.6) is 0 Å². The number of rotatable bonds is 0. The second-order valence-electron chi connectivity index (χ2n) is 6.57. The summed E-state index contributed by atoms with van der Waals surface area (Å²) in [4.78, 5) is 29.4. The van der Waals surface area contributed by atoms with Crippen LogP contribution in [0.1, 0.15) is 33.7 Å². The number of aromatic amines is 1. The van der Waals surface area contributed by atoms with Gasteiger partial charge in [-0.15, -0.1) is 11.8 Å². The summed E-state index contributed by atoms with van der Waals surface area (Å²) >= 11 is 1.75. The number of aryl methyl sites for hydroxylation is 1. The lowest BCUT2D eigenvalue weighted by Gasteiger charge is -2.08. The van der Waals surface area contributed by atoms with E-state index < -0.39 is 0 Å². The fraction of sp³-hybridized carbons (Fsp3) is 0.300. The normalized spacial score (nSPS) is 19.7. The molecule has 6 nitrogen and oxygen atoms in total. The Balaban J connectivity index is 1.77. The first kappa shape index (κ1) is 17.9. The van der Waals surface area contributed by atoms with Gasteiger partial charge in [0.25, 0.3) is 11.8 Å². The lowest BCUT2D eigenvalue weighted by atomic mass is 10.0. The third-order valence-corrected chi connectivity index (χ3v) is 5.60. The highest BCUT2D eigenvalue weighted by Crippen LogP contribution is 2.36. The van der Waals surface area contributed by atoms with Crippen LogP contribution >= 0.6 is 11.8 Å². The van der Waals surface area contributed by atoms with Crippen LogP contribution in [0.15, 0.2) is 29.2 Å². The molecule has 1 aromatic heterocycles. The number of nitrogens with one attached hydrogen (secondary N) is 3. The third-order valence-electron chi connectivity index (χ3n) is 4.52. The van der Waals surface area contributed by atoms with Gasteiger partial charge in [0.05, 0.1) is 23.4 Å². The van der Waals surface area contributed by atoms with Crippen LogP contribution in [0.4, 0.5) is 5.69 Å². The molecule has 2 aliphatic heterocycles. The molecule has 0 saturated carbocycles. The molecule has 0 radical (unpaired) electrons. The van der Waals surface area contributed by atoms with E-state index in [1.807, 2.05) is 25.1 Å². The highest BCUT2D eigenvalue weighted by atomic mass is 32.2. The SMILES string of the molecule is Cc1cc2c([nH]1)/C=C1\C(=O)Nc3ccc(cc31)SCCCOCCNC2=O. The van der Waals surface area contributed by atoms with Gasteiger partial charge in [0, 0.05) is 40.7 Å². The Morgan fingerprint density at radius 3 is 2.85 bits per heavy atom. The lowest BCUT2D eigenvalue weighted by molar-refractivity contribution is -0.110. The Kier molecular flexibility index (Phi) is 5.05. The Bertz CT molecular complexity index is 933. The van der Waals surface area contributed by atoms with E-state index in [4.69, 9.17) is 4.74 Å². The third kappa shape index (κ3) is 3.79. The molecular formula is C20H21N3O3S. The van der Waals surface area contributed by atoms with Crippen molar-refractivity contribution in [3.63, 3.8) is 0 Å². The van der Waals surface area contributed by atoms with Crippen LogP contribution in [0.3, 0.4) is 0 Å². The van der Waals surface area contributed by atoms with Crippen LogP contribution in [-0.2, 0) is 9.53 Å². The van der Waals surface area contributed by atoms with Crippen molar-refractivity contribution in [1.29, 1.82) is 0 Å². The van der Waals surface area contributed by atoms with Gasteiger partial charge in [-0.25, -0.2) is 0 Å². The van der Waals surface area contributed by atoms with Crippen LogP contribution in [-0.4, -0.2) is 42.3 Å². The Labute approximate surface area is 161 Å². The number of anilines is 1. The summed E-state index contributed by atoms with van der Waals surface area (Å²) < 4.78 is 5.59. The van der Waals surface area contributed by atoms with E-state index in [1.165, 1.54) is 0 Å². The van der Waals surface area contributed by atoms with E-state index in [-0.39, 0.29) is 11.8 Å². The van der Waals surface area contributed by atoms with Gasteiger partial charge < -0.3 is 20.4 Å². The molecule has 0 spiro atoms. The van der Waals surface area contributed by atoms with E-state index >= 15 is 0 Å². The van der Waals surface area contributed by atoms with Crippen LogP contribution < -0.4 is 10.6 Å². The van der Waals surface area contributed by atoms with Crippen LogP contribution in [0.2, 0.25) is 0 Å². The molecule has 0 unspecified atom stereocenters. The standard InChI is InChI=1S/C20H21N3O3S/c1-12-9-16-18(22-12)11-15-14-10-13(3-4-17(14)23-20(15)25)27-8-2-6-26-7-5-21-19(16)24/h3-4,9-11,22H,2,5-8H2,1H3,(H,21,24)(H,23,25)/b15-11-. The number of benzene rings is 1. The largest absolute Gasteiger partial charge is 0.380 e. The zero-order valence-corrected chi connectivity index (χ0v) is 15.9. The first-order valence-corrected chi connectivity index (χ1v) is 9.96. The summed E-state index contributed by atoms with van der Waals surface area (Å²) in [6.45, 7) is 3.49. The number of hydrogen-bond acceptors (Lipinski definition) is 4. The number of ether oxygens (including phenoxy) is 1. The maximum atomic E-state index is 12.6. The van der Waals surface area contributed by atoms with Crippen molar-refractivity contribution in [3.05, 3.63) is 46.8 Å². The Hall–Kier alpha value is -2.51. The van der Waals surface area contributed by atoms with Crippen molar-refractivity contribution in [2.45, 2.75) is 18.2 Å². The number of H-pyrrole nitrogens is 1. The monoisotopic (exact) mass is 383 g/mol. The molecule has 3 N–H and O–H groups in total. The number of fused-ring (bicyclic) bond motifs is 2. The molecule has 1 aromatic carbocycles. The summed E-state index contributed by atoms with van der Waals surface area (Å²) in [5.41, 5.74) is 4.26. The minimum absolute atomic E-state index is 0.153. The van der Waals surface area contributed by atoms with Crippen LogP contribution in [0.25, 0.3) is 11.6 Å². The van der Waals surface area contributed by atoms with E-state index in [1.54, 1.807) is 23.9 Å². The van der Waals surface area contributed by atoms with Gasteiger partial charge in [0.2, 0.25) is 0 Å². The van der Waals surface area contributed by atoms with E-state index in [0.717, 1.165) is 34.0 Å². The number of amides is 2. The van der Waals surface area contributed by atoms with Crippen molar-refractivity contribution in [1.82, 2.24) is 10.3 Å².